The van der Waals surface area contributed by atoms with Crippen molar-refractivity contribution < 1.29 is 23.3 Å². The summed E-state index contributed by atoms with van der Waals surface area (Å²) in [7, 11) is 4.81. The van der Waals surface area contributed by atoms with Crippen molar-refractivity contribution in [2.24, 2.45) is 0 Å². The second-order valence-electron chi connectivity index (χ2n) is 6.97. The molecule has 0 aliphatic carbocycles. The van der Waals surface area contributed by atoms with Gasteiger partial charge in [-0.05, 0) is 48.2 Å². The lowest BCUT2D eigenvalue weighted by molar-refractivity contribution is 0.0678. The molecule has 1 unspecified atom stereocenters. The third-order valence-electron chi connectivity index (χ3n) is 4.91. The van der Waals surface area contributed by atoms with Gasteiger partial charge in [-0.3, -0.25) is 4.90 Å². The Kier molecular flexibility index (Phi) is 7.12. The summed E-state index contributed by atoms with van der Waals surface area (Å²) in [4.78, 5) is 2.27. The molecule has 0 aromatic heterocycles. The maximum absolute atomic E-state index is 13.6. The van der Waals surface area contributed by atoms with Gasteiger partial charge in [-0.1, -0.05) is 12.1 Å². The average molecular weight is 389 g/mol. The Hall–Kier alpha value is -2.31. The smallest absolute Gasteiger partial charge is 0.203 e. The van der Waals surface area contributed by atoms with Crippen molar-refractivity contribution in [3.05, 3.63) is 53.3 Å². The zero-order valence-corrected chi connectivity index (χ0v) is 16.7. The highest BCUT2D eigenvalue weighted by Crippen LogP contribution is 2.38. The molecular weight excluding hydrogens is 361 g/mol. The van der Waals surface area contributed by atoms with E-state index in [9.17, 15) is 4.39 Å². The molecule has 1 heterocycles. The SMILES string of the molecule is COc1cc(CN(Cc2cccc(F)c2)CC2CCCO2)cc(OC)c1OC. The molecule has 6 heteroatoms. The first-order chi connectivity index (χ1) is 13.6. The van der Waals surface area contributed by atoms with Gasteiger partial charge >= 0.3 is 0 Å². The number of halogens is 1. The standard InChI is InChI=1S/C22H28FNO4/c1-25-20-11-17(12-21(26-2)22(20)27-3)14-24(15-19-8-5-9-28-19)13-16-6-4-7-18(23)10-16/h4,6-7,10-12,19H,5,8-9,13-15H2,1-3H3. The van der Waals surface area contributed by atoms with Crippen molar-refractivity contribution in [1.29, 1.82) is 0 Å². The Labute approximate surface area is 166 Å². The maximum atomic E-state index is 13.6. The summed E-state index contributed by atoms with van der Waals surface area (Å²) in [6.07, 6.45) is 2.34. The Morgan fingerprint density at radius 2 is 1.71 bits per heavy atom. The van der Waals surface area contributed by atoms with Crippen molar-refractivity contribution >= 4 is 0 Å². The van der Waals surface area contributed by atoms with Gasteiger partial charge in [-0.25, -0.2) is 4.39 Å². The Morgan fingerprint density at radius 3 is 2.29 bits per heavy atom. The topological polar surface area (TPSA) is 40.2 Å². The van der Waals surface area contributed by atoms with Crippen LogP contribution < -0.4 is 14.2 Å². The van der Waals surface area contributed by atoms with E-state index in [1.807, 2.05) is 18.2 Å². The van der Waals surface area contributed by atoms with E-state index in [1.54, 1.807) is 33.5 Å². The first-order valence-electron chi connectivity index (χ1n) is 9.50. The van der Waals surface area contributed by atoms with E-state index in [0.29, 0.717) is 30.3 Å². The van der Waals surface area contributed by atoms with Crippen LogP contribution in [-0.2, 0) is 17.8 Å². The van der Waals surface area contributed by atoms with Gasteiger partial charge in [-0.15, -0.1) is 0 Å². The summed E-state index contributed by atoms with van der Waals surface area (Å²) in [6, 6.07) is 10.6. The molecule has 0 saturated carbocycles. The molecule has 1 fully saturated rings. The minimum Gasteiger partial charge on any atom is -0.493 e. The summed E-state index contributed by atoms with van der Waals surface area (Å²) < 4.78 is 35.8. The van der Waals surface area contributed by atoms with Gasteiger partial charge in [0.25, 0.3) is 0 Å². The van der Waals surface area contributed by atoms with E-state index in [-0.39, 0.29) is 11.9 Å². The van der Waals surface area contributed by atoms with Crippen molar-refractivity contribution in [2.75, 3.05) is 34.5 Å². The molecular formula is C22H28FNO4. The highest BCUT2D eigenvalue weighted by atomic mass is 19.1. The fourth-order valence-electron chi connectivity index (χ4n) is 3.64. The van der Waals surface area contributed by atoms with Crippen LogP contribution in [0.5, 0.6) is 17.2 Å². The molecule has 1 aliphatic rings. The van der Waals surface area contributed by atoms with E-state index in [0.717, 1.165) is 37.1 Å². The minimum absolute atomic E-state index is 0.204. The van der Waals surface area contributed by atoms with Crippen LogP contribution >= 0.6 is 0 Å². The predicted molar refractivity (Wildman–Crippen MR) is 106 cm³/mol. The predicted octanol–water partition coefficient (Wildman–Crippen LogP) is 4.03. The molecule has 5 nitrogen and oxygen atoms in total. The molecule has 0 N–H and O–H groups in total. The molecule has 152 valence electrons. The van der Waals surface area contributed by atoms with Gasteiger partial charge in [0.2, 0.25) is 5.75 Å². The van der Waals surface area contributed by atoms with Crippen molar-refractivity contribution in [3.63, 3.8) is 0 Å². The van der Waals surface area contributed by atoms with E-state index >= 15 is 0 Å². The highest BCUT2D eigenvalue weighted by Gasteiger charge is 2.21. The molecule has 0 bridgehead atoms. The van der Waals surface area contributed by atoms with Gasteiger partial charge in [0.05, 0.1) is 27.4 Å². The zero-order valence-electron chi connectivity index (χ0n) is 16.7. The summed E-state index contributed by atoms with van der Waals surface area (Å²) in [5.41, 5.74) is 1.97. The van der Waals surface area contributed by atoms with Gasteiger partial charge in [0, 0.05) is 26.2 Å². The summed E-state index contributed by atoms with van der Waals surface area (Å²) in [6.45, 7) is 2.89. The first-order valence-corrected chi connectivity index (χ1v) is 9.50. The van der Waals surface area contributed by atoms with Gasteiger partial charge in [-0.2, -0.15) is 0 Å². The van der Waals surface area contributed by atoms with Crippen LogP contribution in [0.15, 0.2) is 36.4 Å². The fourth-order valence-corrected chi connectivity index (χ4v) is 3.64. The quantitative estimate of drug-likeness (QED) is 0.648. The number of hydrogen-bond acceptors (Lipinski definition) is 5. The molecule has 1 aliphatic heterocycles. The molecule has 0 radical (unpaired) electrons. The summed E-state index contributed by atoms with van der Waals surface area (Å²) >= 11 is 0. The van der Waals surface area contributed by atoms with Crippen LogP contribution in [0.4, 0.5) is 4.39 Å². The molecule has 1 atom stereocenters. The molecule has 2 aromatic rings. The van der Waals surface area contributed by atoms with Crippen LogP contribution in [0, 0.1) is 5.82 Å². The van der Waals surface area contributed by atoms with Crippen molar-refractivity contribution in [2.45, 2.75) is 32.0 Å². The van der Waals surface area contributed by atoms with E-state index in [2.05, 4.69) is 4.90 Å². The second-order valence-corrected chi connectivity index (χ2v) is 6.97. The van der Waals surface area contributed by atoms with Gasteiger partial charge < -0.3 is 18.9 Å². The Bertz CT molecular complexity index is 752. The maximum Gasteiger partial charge on any atom is 0.203 e. The van der Waals surface area contributed by atoms with Crippen LogP contribution in [-0.4, -0.2) is 45.5 Å². The normalized spacial score (nSPS) is 16.4. The van der Waals surface area contributed by atoms with Crippen molar-refractivity contribution in [1.82, 2.24) is 4.90 Å². The first kappa shape index (κ1) is 20.4. The molecule has 3 rings (SSSR count). The summed E-state index contributed by atoms with van der Waals surface area (Å²) in [5, 5.41) is 0. The monoisotopic (exact) mass is 389 g/mol. The number of rotatable bonds is 9. The van der Waals surface area contributed by atoms with E-state index in [4.69, 9.17) is 18.9 Å². The number of benzene rings is 2. The zero-order chi connectivity index (χ0) is 19.9. The number of methoxy groups -OCH3 is 3. The van der Waals surface area contributed by atoms with E-state index in [1.165, 1.54) is 6.07 Å². The van der Waals surface area contributed by atoms with Crippen LogP contribution in [0.1, 0.15) is 24.0 Å². The average Bonchev–Trinajstić information content (AvgIpc) is 3.20. The largest absolute Gasteiger partial charge is 0.493 e. The summed E-state index contributed by atoms with van der Waals surface area (Å²) in [5.74, 6) is 1.60. The molecule has 0 amide bonds. The lowest BCUT2D eigenvalue weighted by Crippen LogP contribution is -2.31. The van der Waals surface area contributed by atoms with E-state index < -0.39 is 0 Å². The molecule has 1 saturated heterocycles. The highest BCUT2D eigenvalue weighted by molar-refractivity contribution is 5.53. The lowest BCUT2D eigenvalue weighted by Gasteiger charge is -2.26. The Morgan fingerprint density at radius 1 is 1.00 bits per heavy atom. The van der Waals surface area contributed by atoms with Crippen LogP contribution in [0.3, 0.4) is 0 Å². The number of ether oxygens (including phenoxy) is 4. The second kappa shape index (κ2) is 9.75. The Balaban J connectivity index is 1.83. The number of nitrogens with zero attached hydrogens (tertiary/aromatic N) is 1. The fraction of sp³-hybridized carbons (Fsp3) is 0.455. The molecule has 0 spiro atoms. The third-order valence-corrected chi connectivity index (χ3v) is 4.91. The van der Waals surface area contributed by atoms with Crippen LogP contribution in [0.25, 0.3) is 0 Å². The van der Waals surface area contributed by atoms with Gasteiger partial charge in [0.15, 0.2) is 11.5 Å². The third kappa shape index (κ3) is 5.14. The van der Waals surface area contributed by atoms with Gasteiger partial charge in [0.1, 0.15) is 5.82 Å². The minimum atomic E-state index is -0.220. The van der Waals surface area contributed by atoms with Crippen LogP contribution in [0.2, 0.25) is 0 Å². The molecule has 2 aromatic carbocycles. The lowest BCUT2D eigenvalue weighted by atomic mass is 10.1. The number of hydrogen-bond donors (Lipinski definition) is 0. The van der Waals surface area contributed by atoms with Crippen molar-refractivity contribution in [3.8, 4) is 17.2 Å². The molecule has 28 heavy (non-hydrogen) atoms.